The van der Waals surface area contributed by atoms with E-state index in [0.717, 1.165) is 13.0 Å². The molecular weight excluding hydrogens is 221 g/mol. The van der Waals surface area contributed by atoms with Crippen LogP contribution in [-0.2, 0) is 0 Å². The van der Waals surface area contributed by atoms with Crippen LogP contribution < -0.4 is 10.1 Å². The molecule has 96 valence electrons. The van der Waals surface area contributed by atoms with Crippen LogP contribution in [0.2, 0.25) is 0 Å². The maximum atomic E-state index is 12.7. The third kappa shape index (κ3) is 4.71. The van der Waals surface area contributed by atoms with Crippen LogP contribution in [0.5, 0.6) is 5.75 Å². The van der Waals surface area contributed by atoms with Gasteiger partial charge < -0.3 is 15.2 Å². The lowest BCUT2D eigenvalue weighted by Crippen LogP contribution is -2.50. The molecule has 0 saturated carbocycles. The lowest BCUT2D eigenvalue weighted by atomic mass is 10.1. The number of benzene rings is 1. The first-order valence-electron chi connectivity index (χ1n) is 5.84. The second-order valence-corrected chi connectivity index (χ2v) is 4.39. The highest BCUT2D eigenvalue weighted by atomic mass is 19.1. The summed E-state index contributed by atoms with van der Waals surface area (Å²) in [6, 6.07) is 5.86. The van der Waals surface area contributed by atoms with E-state index in [9.17, 15) is 9.50 Å². The number of aliphatic hydroxyl groups is 1. The molecule has 0 saturated heterocycles. The van der Waals surface area contributed by atoms with Crippen molar-refractivity contribution in [2.75, 3.05) is 19.8 Å². The summed E-state index contributed by atoms with van der Waals surface area (Å²) >= 11 is 0. The Kier molecular flexibility index (Phi) is 5.38. The van der Waals surface area contributed by atoms with Crippen LogP contribution in [0.15, 0.2) is 24.3 Å². The molecule has 0 aliphatic carbocycles. The molecule has 0 aliphatic heterocycles. The zero-order valence-corrected chi connectivity index (χ0v) is 10.4. The summed E-state index contributed by atoms with van der Waals surface area (Å²) < 4.78 is 18.2. The van der Waals surface area contributed by atoms with E-state index < -0.39 is 5.54 Å². The monoisotopic (exact) mass is 241 g/mol. The van der Waals surface area contributed by atoms with Gasteiger partial charge in [-0.1, -0.05) is 6.92 Å². The van der Waals surface area contributed by atoms with Crippen LogP contribution >= 0.6 is 0 Å². The third-order valence-electron chi connectivity index (χ3n) is 2.52. The van der Waals surface area contributed by atoms with Gasteiger partial charge in [-0.3, -0.25) is 0 Å². The second-order valence-electron chi connectivity index (χ2n) is 4.39. The first kappa shape index (κ1) is 13.9. The van der Waals surface area contributed by atoms with Crippen LogP contribution in [0.25, 0.3) is 0 Å². The van der Waals surface area contributed by atoms with Crippen molar-refractivity contribution in [2.45, 2.75) is 25.8 Å². The first-order chi connectivity index (χ1) is 8.09. The molecule has 1 aromatic rings. The summed E-state index contributed by atoms with van der Waals surface area (Å²) in [5.74, 6) is 0.316. The topological polar surface area (TPSA) is 41.5 Å². The van der Waals surface area contributed by atoms with E-state index in [-0.39, 0.29) is 12.4 Å². The lowest BCUT2D eigenvalue weighted by molar-refractivity contribution is 0.116. The number of rotatable bonds is 7. The van der Waals surface area contributed by atoms with Gasteiger partial charge in [-0.2, -0.15) is 0 Å². The maximum Gasteiger partial charge on any atom is 0.123 e. The van der Waals surface area contributed by atoms with E-state index in [1.165, 1.54) is 12.1 Å². The minimum atomic E-state index is -0.468. The summed E-state index contributed by atoms with van der Waals surface area (Å²) in [7, 11) is 0. The number of aliphatic hydroxyl groups excluding tert-OH is 1. The number of hydrogen-bond donors (Lipinski definition) is 2. The van der Waals surface area contributed by atoms with Crippen molar-refractivity contribution < 1.29 is 14.2 Å². The van der Waals surface area contributed by atoms with E-state index in [1.807, 2.05) is 6.92 Å². The number of hydrogen-bond acceptors (Lipinski definition) is 3. The molecule has 1 aromatic carbocycles. The quantitative estimate of drug-likeness (QED) is 0.766. The largest absolute Gasteiger partial charge is 0.492 e. The molecule has 17 heavy (non-hydrogen) atoms. The zero-order valence-electron chi connectivity index (χ0n) is 10.4. The average molecular weight is 241 g/mol. The Labute approximate surface area is 102 Å². The minimum absolute atomic E-state index is 0.00576. The fourth-order valence-electron chi connectivity index (χ4n) is 1.35. The van der Waals surface area contributed by atoms with Crippen LogP contribution in [-0.4, -0.2) is 30.4 Å². The van der Waals surface area contributed by atoms with Crippen molar-refractivity contribution in [1.29, 1.82) is 0 Å². The van der Waals surface area contributed by atoms with Gasteiger partial charge in [0.05, 0.1) is 12.1 Å². The van der Waals surface area contributed by atoms with Gasteiger partial charge in [-0.25, -0.2) is 4.39 Å². The van der Waals surface area contributed by atoms with Gasteiger partial charge in [-0.15, -0.1) is 0 Å². The van der Waals surface area contributed by atoms with Crippen molar-refractivity contribution in [2.24, 2.45) is 0 Å². The van der Waals surface area contributed by atoms with Gasteiger partial charge in [0.1, 0.15) is 18.2 Å². The normalized spacial score (nSPS) is 14.4. The van der Waals surface area contributed by atoms with Gasteiger partial charge in [0, 0.05) is 0 Å². The molecule has 0 fully saturated rings. The molecule has 0 amide bonds. The molecule has 1 unspecified atom stereocenters. The predicted octanol–water partition coefficient (Wildman–Crippen LogP) is 1.96. The smallest absolute Gasteiger partial charge is 0.123 e. The van der Waals surface area contributed by atoms with Crippen molar-refractivity contribution in [1.82, 2.24) is 5.32 Å². The second kappa shape index (κ2) is 6.57. The Balaban J connectivity index is 2.49. The Bertz CT molecular complexity index is 329. The fraction of sp³-hybridized carbons (Fsp3) is 0.538. The zero-order chi connectivity index (χ0) is 12.7. The van der Waals surface area contributed by atoms with Gasteiger partial charge in [0.2, 0.25) is 0 Å². The summed E-state index contributed by atoms with van der Waals surface area (Å²) in [4.78, 5) is 0. The van der Waals surface area contributed by atoms with Crippen LogP contribution in [0, 0.1) is 5.82 Å². The molecule has 4 heteroatoms. The van der Waals surface area contributed by atoms with Crippen LogP contribution in [0.3, 0.4) is 0 Å². The average Bonchev–Trinajstić information content (AvgIpc) is 2.36. The van der Waals surface area contributed by atoms with Gasteiger partial charge in [0.25, 0.3) is 0 Å². The van der Waals surface area contributed by atoms with Crippen molar-refractivity contribution in [3.8, 4) is 5.75 Å². The van der Waals surface area contributed by atoms with Gasteiger partial charge in [-0.05, 0) is 44.2 Å². The van der Waals surface area contributed by atoms with E-state index in [4.69, 9.17) is 4.74 Å². The van der Waals surface area contributed by atoms with Crippen molar-refractivity contribution >= 4 is 0 Å². The summed E-state index contributed by atoms with van der Waals surface area (Å²) in [6.07, 6.45) is 0.992. The lowest BCUT2D eigenvalue weighted by Gasteiger charge is -2.28. The molecule has 3 nitrogen and oxygen atoms in total. The standard InChI is InChI=1S/C13H20FNO2/c1-3-8-15-13(2,9-16)10-17-12-6-4-11(14)5-7-12/h4-7,15-16H,3,8-10H2,1-2H3. The third-order valence-corrected chi connectivity index (χ3v) is 2.52. The molecule has 0 spiro atoms. The van der Waals surface area contributed by atoms with E-state index in [1.54, 1.807) is 12.1 Å². The van der Waals surface area contributed by atoms with Gasteiger partial charge >= 0.3 is 0 Å². The van der Waals surface area contributed by atoms with Crippen molar-refractivity contribution in [3.63, 3.8) is 0 Å². The van der Waals surface area contributed by atoms with E-state index >= 15 is 0 Å². The molecule has 1 rings (SSSR count). The molecule has 0 heterocycles. The summed E-state index contributed by atoms with van der Waals surface area (Å²) in [5.41, 5.74) is -0.468. The highest BCUT2D eigenvalue weighted by molar-refractivity contribution is 5.22. The molecule has 0 radical (unpaired) electrons. The summed E-state index contributed by atoms with van der Waals surface area (Å²) in [5, 5.41) is 12.6. The Morgan fingerprint density at radius 3 is 2.53 bits per heavy atom. The highest BCUT2D eigenvalue weighted by Gasteiger charge is 2.23. The molecule has 0 aromatic heterocycles. The van der Waals surface area contributed by atoms with Crippen molar-refractivity contribution in [3.05, 3.63) is 30.1 Å². The molecule has 0 aliphatic rings. The maximum absolute atomic E-state index is 12.7. The molecular formula is C13H20FNO2. The van der Waals surface area contributed by atoms with E-state index in [0.29, 0.717) is 12.4 Å². The number of halogens is 1. The fourth-order valence-corrected chi connectivity index (χ4v) is 1.35. The molecule has 1 atom stereocenters. The summed E-state index contributed by atoms with van der Waals surface area (Å²) in [6.45, 7) is 5.12. The number of ether oxygens (including phenoxy) is 1. The SMILES string of the molecule is CCCNC(C)(CO)COc1ccc(F)cc1. The Morgan fingerprint density at radius 2 is 2.00 bits per heavy atom. The molecule has 2 N–H and O–H groups in total. The first-order valence-corrected chi connectivity index (χ1v) is 5.84. The minimum Gasteiger partial charge on any atom is -0.492 e. The Morgan fingerprint density at radius 1 is 1.35 bits per heavy atom. The predicted molar refractivity (Wildman–Crippen MR) is 65.7 cm³/mol. The Hall–Kier alpha value is -1.13. The number of nitrogens with one attached hydrogen (secondary N) is 1. The van der Waals surface area contributed by atoms with E-state index in [2.05, 4.69) is 12.2 Å². The highest BCUT2D eigenvalue weighted by Crippen LogP contribution is 2.13. The van der Waals surface area contributed by atoms with Crippen LogP contribution in [0.1, 0.15) is 20.3 Å². The van der Waals surface area contributed by atoms with Crippen LogP contribution in [0.4, 0.5) is 4.39 Å². The molecule has 0 bridgehead atoms. The van der Waals surface area contributed by atoms with Gasteiger partial charge in [0.15, 0.2) is 0 Å².